The molecule has 0 fully saturated rings. The van der Waals surface area contributed by atoms with Crippen LogP contribution in [0.15, 0.2) is 48.5 Å². The molecule has 0 radical (unpaired) electrons. The SMILES string of the molecule is Cc1cccc(CSCCNC(=O)COc2cccc(C)c2)c1. The molecule has 4 heteroatoms. The van der Waals surface area contributed by atoms with Crippen molar-refractivity contribution in [2.75, 3.05) is 18.9 Å². The molecule has 1 N–H and O–H groups in total. The number of hydrogen-bond acceptors (Lipinski definition) is 3. The molecule has 0 unspecified atom stereocenters. The summed E-state index contributed by atoms with van der Waals surface area (Å²) >= 11 is 1.82. The minimum absolute atomic E-state index is 0.0615. The van der Waals surface area contributed by atoms with Crippen LogP contribution in [0.1, 0.15) is 16.7 Å². The molecule has 0 saturated heterocycles. The summed E-state index contributed by atoms with van der Waals surface area (Å²) in [6, 6.07) is 16.2. The Balaban J connectivity index is 1.58. The topological polar surface area (TPSA) is 38.3 Å². The Morgan fingerprint density at radius 3 is 2.57 bits per heavy atom. The van der Waals surface area contributed by atoms with Crippen molar-refractivity contribution in [1.82, 2.24) is 5.32 Å². The van der Waals surface area contributed by atoms with Crippen molar-refractivity contribution in [3.05, 3.63) is 65.2 Å². The summed E-state index contributed by atoms with van der Waals surface area (Å²) in [4.78, 5) is 11.7. The largest absolute Gasteiger partial charge is 0.484 e. The van der Waals surface area contributed by atoms with E-state index in [1.165, 1.54) is 11.1 Å². The number of hydrogen-bond donors (Lipinski definition) is 1. The highest BCUT2D eigenvalue weighted by Crippen LogP contribution is 2.13. The Bertz CT molecular complexity index is 643. The van der Waals surface area contributed by atoms with Crippen molar-refractivity contribution in [2.24, 2.45) is 0 Å². The van der Waals surface area contributed by atoms with E-state index in [1.807, 2.05) is 43.0 Å². The predicted molar refractivity (Wildman–Crippen MR) is 97.0 cm³/mol. The highest BCUT2D eigenvalue weighted by molar-refractivity contribution is 7.98. The summed E-state index contributed by atoms with van der Waals surface area (Å²) < 4.78 is 5.47. The number of amides is 1. The number of benzene rings is 2. The van der Waals surface area contributed by atoms with Gasteiger partial charge in [-0.05, 0) is 37.1 Å². The standard InChI is InChI=1S/C19H23NO2S/c1-15-5-3-7-17(11-15)14-23-10-9-20-19(21)13-22-18-8-4-6-16(2)12-18/h3-8,11-12H,9-10,13-14H2,1-2H3,(H,20,21). The van der Waals surface area contributed by atoms with E-state index in [-0.39, 0.29) is 12.5 Å². The minimum atomic E-state index is -0.0809. The third kappa shape index (κ3) is 6.78. The number of rotatable bonds is 8. The Kier molecular flexibility index (Phi) is 7.01. The third-order valence-corrected chi connectivity index (χ3v) is 4.31. The van der Waals surface area contributed by atoms with Gasteiger partial charge in [0.15, 0.2) is 6.61 Å². The Morgan fingerprint density at radius 1 is 1.09 bits per heavy atom. The van der Waals surface area contributed by atoms with Gasteiger partial charge in [0.2, 0.25) is 0 Å². The lowest BCUT2D eigenvalue weighted by Crippen LogP contribution is -2.30. The highest BCUT2D eigenvalue weighted by atomic mass is 32.2. The van der Waals surface area contributed by atoms with Crippen LogP contribution in [0.25, 0.3) is 0 Å². The van der Waals surface area contributed by atoms with Crippen LogP contribution in [0.2, 0.25) is 0 Å². The number of carbonyl (C=O) groups excluding carboxylic acids is 1. The van der Waals surface area contributed by atoms with Crippen molar-refractivity contribution in [1.29, 1.82) is 0 Å². The van der Waals surface area contributed by atoms with E-state index in [0.29, 0.717) is 6.54 Å². The quantitative estimate of drug-likeness (QED) is 0.750. The first-order valence-corrected chi connectivity index (χ1v) is 8.88. The lowest BCUT2D eigenvalue weighted by atomic mass is 10.2. The average Bonchev–Trinajstić information content (AvgIpc) is 2.53. The maximum absolute atomic E-state index is 11.7. The summed E-state index contributed by atoms with van der Waals surface area (Å²) in [5, 5.41) is 2.88. The van der Waals surface area contributed by atoms with E-state index in [4.69, 9.17) is 4.74 Å². The van der Waals surface area contributed by atoms with Crippen LogP contribution in [-0.2, 0) is 10.5 Å². The number of carbonyl (C=O) groups is 1. The first-order valence-electron chi connectivity index (χ1n) is 7.73. The molecule has 0 saturated carbocycles. The fraction of sp³-hybridized carbons (Fsp3) is 0.316. The summed E-state index contributed by atoms with van der Waals surface area (Å²) in [6.07, 6.45) is 0. The Morgan fingerprint density at radius 2 is 1.83 bits per heavy atom. The van der Waals surface area contributed by atoms with Gasteiger partial charge in [0.1, 0.15) is 5.75 Å². The van der Waals surface area contributed by atoms with Gasteiger partial charge in [-0.25, -0.2) is 0 Å². The molecule has 23 heavy (non-hydrogen) atoms. The molecule has 0 atom stereocenters. The van der Waals surface area contributed by atoms with E-state index in [2.05, 4.69) is 36.5 Å². The summed E-state index contributed by atoms with van der Waals surface area (Å²) in [6.45, 7) is 4.82. The maximum Gasteiger partial charge on any atom is 0.257 e. The Hall–Kier alpha value is -1.94. The normalized spacial score (nSPS) is 10.3. The fourth-order valence-corrected chi connectivity index (χ4v) is 2.97. The second kappa shape index (κ2) is 9.26. The van der Waals surface area contributed by atoms with Gasteiger partial charge in [-0.15, -0.1) is 0 Å². The summed E-state index contributed by atoms with van der Waals surface area (Å²) in [5.41, 5.74) is 3.73. The number of thioether (sulfide) groups is 1. The first-order chi connectivity index (χ1) is 11.1. The molecule has 2 rings (SSSR count). The Labute approximate surface area is 142 Å². The molecular weight excluding hydrogens is 306 g/mol. The summed E-state index contributed by atoms with van der Waals surface area (Å²) in [7, 11) is 0. The van der Waals surface area contributed by atoms with E-state index >= 15 is 0 Å². The minimum Gasteiger partial charge on any atom is -0.484 e. The molecule has 0 aliphatic carbocycles. The van der Waals surface area contributed by atoms with Gasteiger partial charge >= 0.3 is 0 Å². The van der Waals surface area contributed by atoms with E-state index in [1.54, 1.807) is 0 Å². The van der Waals surface area contributed by atoms with Gasteiger partial charge in [-0.2, -0.15) is 11.8 Å². The molecule has 0 aliphatic heterocycles. The monoisotopic (exact) mass is 329 g/mol. The van der Waals surface area contributed by atoms with E-state index in [9.17, 15) is 4.79 Å². The lowest BCUT2D eigenvalue weighted by molar-refractivity contribution is -0.122. The average molecular weight is 329 g/mol. The molecule has 0 bridgehead atoms. The van der Waals surface area contributed by atoms with Crippen molar-refractivity contribution in [2.45, 2.75) is 19.6 Å². The molecule has 122 valence electrons. The number of nitrogens with one attached hydrogen (secondary N) is 1. The molecule has 0 spiro atoms. The molecule has 2 aromatic rings. The second-order valence-corrected chi connectivity index (χ2v) is 6.60. The van der Waals surface area contributed by atoms with Crippen LogP contribution in [-0.4, -0.2) is 24.8 Å². The number of ether oxygens (including phenoxy) is 1. The highest BCUT2D eigenvalue weighted by Gasteiger charge is 2.02. The molecule has 0 heterocycles. The fourth-order valence-electron chi connectivity index (χ4n) is 2.16. The van der Waals surface area contributed by atoms with Crippen LogP contribution in [0.4, 0.5) is 0 Å². The maximum atomic E-state index is 11.7. The molecule has 1 amide bonds. The number of aryl methyl sites for hydroxylation is 2. The van der Waals surface area contributed by atoms with Crippen LogP contribution in [0, 0.1) is 13.8 Å². The van der Waals surface area contributed by atoms with Gasteiger partial charge < -0.3 is 10.1 Å². The van der Waals surface area contributed by atoms with Crippen molar-refractivity contribution < 1.29 is 9.53 Å². The molecule has 2 aromatic carbocycles. The first kappa shape index (κ1) is 17.4. The molecular formula is C19H23NO2S. The lowest BCUT2D eigenvalue weighted by Gasteiger charge is -2.08. The van der Waals surface area contributed by atoms with Gasteiger partial charge in [-0.1, -0.05) is 42.0 Å². The zero-order chi connectivity index (χ0) is 16.5. The zero-order valence-electron chi connectivity index (χ0n) is 13.7. The molecule has 3 nitrogen and oxygen atoms in total. The van der Waals surface area contributed by atoms with Gasteiger partial charge in [0.05, 0.1) is 0 Å². The van der Waals surface area contributed by atoms with Crippen molar-refractivity contribution >= 4 is 17.7 Å². The smallest absolute Gasteiger partial charge is 0.257 e. The predicted octanol–water partition coefficient (Wildman–Crippen LogP) is 3.73. The molecule has 0 aliphatic rings. The molecule has 0 aromatic heterocycles. The van der Waals surface area contributed by atoms with E-state index in [0.717, 1.165) is 22.8 Å². The van der Waals surface area contributed by atoms with Crippen molar-refractivity contribution in [3.63, 3.8) is 0 Å². The van der Waals surface area contributed by atoms with Crippen molar-refractivity contribution in [3.8, 4) is 5.75 Å². The van der Waals surface area contributed by atoms with Gasteiger partial charge in [-0.3, -0.25) is 4.79 Å². The van der Waals surface area contributed by atoms with Crippen LogP contribution in [0.5, 0.6) is 5.75 Å². The second-order valence-electron chi connectivity index (χ2n) is 5.50. The third-order valence-electron chi connectivity index (χ3n) is 3.28. The van der Waals surface area contributed by atoms with E-state index < -0.39 is 0 Å². The zero-order valence-corrected chi connectivity index (χ0v) is 14.5. The van der Waals surface area contributed by atoms with Crippen LogP contribution >= 0.6 is 11.8 Å². The van der Waals surface area contributed by atoms with Crippen LogP contribution < -0.4 is 10.1 Å². The van der Waals surface area contributed by atoms with Gasteiger partial charge in [0, 0.05) is 18.1 Å². The summed E-state index contributed by atoms with van der Waals surface area (Å²) in [5.74, 6) is 2.51. The van der Waals surface area contributed by atoms with Gasteiger partial charge in [0.25, 0.3) is 5.91 Å². The van der Waals surface area contributed by atoms with Crippen LogP contribution in [0.3, 0.4) is 0 Å².